The van der Waals surface area contributed by atoms with E-state index in [1.165, 1.54) is 23.1 Å². The van der Waals surface area contributed by atoms with Crippen molar-refractivity contribution in [1.29, 1.82) is 0 Å². The summed E-state index contributed by atoms with van der Waals surface area (Å²) < 4.78 is 1.88. The molecular formula is C26H22N6O2S2. The zero-order valence-corrected chi connectivity index (χ0v) is 21.2. The molecule has 0 fully saturated rings. The van der Waals surface area contributed by atoms with Gasteiger partial charge in [-0.05, 0) is 37.6 Å². The van der Waals surface area contributed by atoms with Gasteiger partial charge in [0.15, 0.2) is 11.0 Å². The number of nitrogens with zero attached hydrogens (tertiary/aromatic N) is 5. The van der Waals surface area contributed by atoms with Crippen molar-refractivity contribution >= 4 is 34.1 Å². The molecule has 5 aromatic rings. The summed E-state index contributed by atoms with van der Waals surface area (Å²) in [6.45, 7) is 4.04. The maximum atomic E-state index is 12.7. The molecule has 0 atom stereocenters. The second-order valence-corrected chi connectivity index (χ2v) is 9.98. The maximum absolute atomic E-state index is 12.7. The van der Waals surface area contributed by atoms with Crippen LogP contribution in [0.1, 0.15) is 11.1 Å². The first-order valence-electron chi connectivity index (χ1n) is 11.1. The van der Waals surface area contributed by atoms with Gasteiger partial charge in [-0.25, -0.2) is 0 Å². The SMILES string of the molecule is Cc1ccc(-n2c(SCC(=O)Nc3nnc(-c4ccccc4)s3)nnc2-c2ccccc2O)c(C)c1. The molecule has 2 aromatic heterocycles. The Bertz CT molecular complexity index is 1530. The number of anilines is 1. The summed E-state index contributed by atoms with van der Waals surface area (Å²) in [6.07, 6.45) is 0. The predicted octanol–water partition coefficient (Wildman–Crippen LogP) is 5.51. The lowest BCUT2D eigenvalue weighted by Crippen LogP contribution is -2.14. The first-order valence-corrected chi connectivity index (χ1v) is 12.9. The lowest BCUT2D eigenvalue weighted by Gasteiger charge is -2.14. The molecule has 36 heavy (non-hydrogen) atoms. The molecule has 5 rings (SSSR count). The van der Waals surface area contributed by atoms with Gasteiger partial charge < -0.3 is 5.11 Å². The fourth-order valence-corrected chi connectivity index (χ4v) is 5.24. The van der Waals surface area contributed by atoms with Crippen LogP contribution < -0.4 is 5.32 Å². The largest absolute Gasteiger partial charge is 0.507 e. The van der Waals surface area contributed by atoms with Crippen LogP contribution in [-0.2, 0) is 4.79 Å². The van der Waals surface area contributed by atoms with Gasteiger partial charge in [0.05, 0.1) is 17.0 Å². The van der Waals surface area contributed by atoms with E-state index in [-0.39, 0.29) is 17.4 Å². The Balaban J connectivity index is 1.38. The number of amides is 1. The highest BCUT2D eigenvalue weighted by molar-refractivity contribution is 7.99. The summed E-state index contributed by atoms with van der Waals surface area (Å²) in [5.74, 6) is 0.481. The van der Waals surface area contributed by atoms with Gasteiger partial charge in [0.2, 0.25) is 11.0 Å². The van der Waals surface area contributed by atoms with Crippen molar-refractivity contribution in [2.75, 3.05) is 11.1 Å². The Morgan fingerprint density at radius 1 is 0.972 bits per heavy atom. The number of para-hydroxylation sites is 1. The van der Waals surface area contributed by atoms with Crippen LogP contribution in [0.2, 0.25) is 0 Å². The summed E-state index contributed by atoms with van der Waals surface area (Å²) in [6, 6.07) is 22.8. The molecule has 2 heterocycles. The van der Waals surface area contributed by atoms with Gasteiger partial charge >= 0.3 is 0 Å². The van der Waals surface area contributed by atoms with Crippen LogP contribution in [0.25, 0.3) is 27.6 Å². The number of aryl methyl sites for hydroxylation is 2. The molecule has 0 aliphatic heterocycles. The number of nitrogens with one attached hydrogen (secondary N) is 1. The molecule has 0 bridgehead atoms. The lowest BCUT2D eigenvalue weighted by molar-refractivity contribution is -0.113. The second kappa shape index (κ2) is 10.3. The number of carbonyl (C=O) groups is 1. The molecule has 0 spiro atoms. The van der Waals surface area contributed by atoms with Crippen molar-refractivity contribution in [3.63, 3.8) is 0 Å². The van der Waals surface area contributed by atoms with E-state index in [4.69, 9.17) is 0 Å². The number of phenolic OH excluding ortho intramolecular Hbond substituents is 1. The molecule has 0 aliphatic carbocycles. The van der Waals surface area contributed by atoms with E-state index >= 15 is 0 Å². The van der Waals surface area contributed by atoms with E-state index in [0.717, 1.165) is 27.4 Å². The zero-order chi connectivity index (χ0) is 25.1. The number of hydrogen-bond donors (Lipinski definition) is 2. The average molecular weight is 515 g/mol. The Morgan fingerprint density at radius 2 is 1.75 bits per heavy atom. The van der Waals surface area contributed by atoms with Crippen LogP contribution in [0.3, 0.4) is 0 Å². The van der Waals surface area contributed by atoms with Crippen molar-refractivity contribution in [2.45, 2.75) is 19.0 Å². The minimum atomic E-state index is -0.227. The first kappa shape index (κ1) is 23.7. The van der Waals surface area contributed by atoms with E-state index in [9.17, 15) is 9.90 Å². The van der Waals surface area contributed by atoms with E-state index in [0.29, 0.717) is 21.7 Å². The molecular weight excluding hydrogens is 492 g/mol. The Morgan fingerprint density at radius 3 is 2.53 bits per heavy atom. The quantitative estimate of drug-likeness (QED) is 0.276. The van der Waals surface area contributed by atoms with Crippen molar-refractivity contribution < 1.29 is 9.90 Å². The van der Waals surface area contributed by atoms with Crippen LogP contribution >= 0.6 is 23.1 Å². The molecule has 2 N–H and O–H groups in total. The highest BCUT2D eigenvalue weighted by Crippen LogP contribution is 2.34. The number of hydrogen-bond acceptors (Lipinski definition) is 8. The third-order valence-corrected chi connectivity index (χ3v) is 7.21. The second-order valence-electron chi connectivity index (χ2n) is 8.06. The van der Waals surface area contributed by atoms with Crippen molar-refractivity contribution in [2.24, 2.45) is 0 Å². The molecule has 180 valence electrons. The van der Waals surface area contributed by atoms with Crippen LogP contribution in [0, 0.1) is 13.8 Å². The zero-order valence-electron chi connectivity index (χ0n) is 19.5. The molecule has 8 nitrogen and oxygen atoms in total. The summed E-state index contributed by atoms with van der Waals surface area (Å²) in [7, 11) is 0. The topological polar surface area (TPSA) is 106 Å². The van der Waals surface area contributed by atoms with Gasteiger partial charge in [-0.3, -0.25) is 14.7 Å². The third kappa shape index (κ3) is 5.00. The van der Waals surface area contributed by atoms with Crippen molar-refractivity contribution in [3.8, 4) is 33.4 Å². The summed E-state index contributed by atoms with van der Waals surface area (Å²) >= 11 is 2.58. The molecule has 3 aromatic carbocycles. The molecule has 0 aliphatic rings. The van der Waals surface area contributed by atoms with Gasteiger partial charge in [-0.2, -0.15) is 0 Å². The average Bonchev–Trinajstić information content (AvgIpc) is 3.51. The van der Waals surface area contributed by atoms with Crippen molar-refractivity contribution in [3.05, 3.63) is 83.9 Å². The summed E-state index contributed by atoms with van der Waals surface area (Å²) in [5.41, 5.74) is 4.55. The summed E-state index contributed by atoms with van der Waals surface area (Å²) in [4.78, 5) is 12.7. The number of carbonyl (C=O) groups excluding carboxylic acids is 1. The molecule has 10 heteroatoms. The number of aromatic nitrogens is 5. The minimum absolute atomic E-state index is 0.101. The van der Waals surface area contributed by atoms with Crippen LogP contribution in [0.4, 0.5) is 5.13 Å². The van der Waals surface area contributed by atoms with E-state index in [1.807, 2.05) is 66.9 Å². The van der Waals surface area contributed by atoms with Gasteiger partial charge in [0, 0.05) is 5.56 Å². The normalized spacial score (nSPS) is 10.9. The minimum Gasteiger partial charge on any atom is -0.507 e. The third-order valence-electron chi connectivity index (χ3n) is 5.40. The number of thioether (sulfide) groups is 1. The van der Waals surface area contributed by atoms with Crippen LogP contribution in [-0.4, -0.2) is 41.7 Å². The highest BCUT2D eigenvalue weighted by atomic mass is 32.2. The first-order chi connectivity index (χ1) is 17.5. The molecule has 0 saturated heterocycles. The summed E-state index contributed by atoms with van der Waals surface area (Å²) in [5, 5.41) is 32.0. The Hall–Kier alpha value is -4.02. The van der Waals surface area contributed by atoms with E-state index < -0.39 is 0 Å². The van der Waals surface area contributed by atoms with Gasteiger partial charge in [0.25, 0.3) is 0 Å². The lowest BCUT2D eigenvalue weighted by atomic mass is 10.1. The van der Waals surface area contributed by atoms with E-state index in [1.54, 1.807) is 18.2 Å². The number of phenols is 1. The fraction of sp³-hybridized carbons (Fsp3) is 0.115. The maximum Gasteiger partial charge on any atom is 0.236 e. The monoisotopic (exact) mass is 514 g/mol. The Kier molecular flexibility index (Phi) is 6.79. The van der Waals surface area contributed by atoms with Gasteiger partial charge in [0.1, 0.15) is 10.8 Å². The number of aromatic hydroxyl groups is 1. The predicted molar refractivity (Wildman–Crippen MR) is 143 cm³/mol. The smallest absolute Gasteiger partial charge is 0.236 e. The van der Waals surface area contributed by atoms with Gasteiger partial charge in [-0.15, -0.1) is 20.4 Å². The van der Waals surface area contributed by atoms with Crippen LogP contribution in [0.5, 0.6) is 5.75 Å². The molecule has 0 saturated carbocycles. The number of benzene rings is 3. The molecule has 0 unspecified atom stereocenters. The van der Waals surface area contributed by atoms with Crippen LogP contribution in [0.15, 0.2) is 78.0 Å². The standard InChI is InChI=1S/C26H22N6O2S2/c1-16-12-13-20(17(2)14-16)32-23(19-10-6-7-11-21(19)33)28-31-26(32)35-15-22(34)27-25-30-29-24(36-25)18-8-4-3-5-9-18/h3-14,33H,15H2,1-2H3,(H,27,30,34). The Labute approximate surface area is 216 Å². The fourth-order valence-electron chi connectivity index (χ4n) is 3.73. The number of rotatable bonds is 7. The van der Waals surface area contributed by atoms with Crippen molar-refractivity contribution in [1.82, 2.24) is 25.0 Å². The highest BCUT2D eigenvalue weighted by Gasteiger charge is 2.21. The van der Waals surface area contributed by atoms with E-state index in [2.05, 4.69) is 31.8 Å². The molecule has 1 amide bonds. The molecule has 0 radical (unpaired) electrons. The van der Waals surface area contributed by atoms with Gasteiger partial charge in [-0.1, -0.05) is 83.3 Å².